The van der Waals surface area contributed by atoms with Crippen molar-refractivity contribution in [1.82, 2.24) is 0 Å². The average Bonchev–Trinajstić information content (AvgIpc) is 2.11. The van der Waals surface area contributed by atoms with Gasteiger partial charge in [0.15, 0.2) is 11.5 Å². The number of benzene rings is 1. The predicted octanol–water partition coefficient (Wildman–Crippen LogP) is 1.36. The second-order valence-corrected chi connectivity index (χ2v) is 3.27. The first-order valence-corrected chi connectivity index (χ1v) is 4.24. The fraction of sp³-hybridized carbons (Fsp3) is 0.300. The van der Waals surface area contributed by atoms with Gasteiger partial charge in [-0.1, -0.05) is 13.0 Å². The van der Waals surface area contributed by atoms with E-state index in [0.717, 1.165) is 0 Å². The van der Waals surface area contributed by atoms with Crippen LogP contribution in [0.25, 0.3) is 0 Å². The molecule has 4 nitrogen and oxygen atoms in total. The fourth-order valence-electron chi connectivity index (χ4n) is 1.14. The number of aliphatic carboxylic acids is 1. The van der Waals surface area contributed by atoms with Gasteiger partial charge in [-0.25, -0.2) is 0 Å². The van der Waals surface area contributed by atoms with E-state index in [1.54, 1.807) is 13.0 Å². The van der Waals surface area contributed by atoms with E-state index in [9.17, 15) is 4.79 Å². The van der Waals surface area contributed by atoms with E-state index in [2.05, 4.69) is 0 Å². The first-order chi connectivity index (χ1) is 6.50. The van der Waals surface area contributed by atoms with Crippen LogP contribution in [0.1, 0.15) is 12.5 Å². The van der Waals surface area contributed by atoms with Gasteiger partial charge < -0.3 is 15.3 Å². The molecule has 0 aliphatic carbocycles. The van der Waals surface area contributed by atoms with Crippen LogP contribution in [0.5, 0.6) is 11.5 Å². The Balaban J connectivity index is 2.78. The molecule has 0 amide bonds. The molecule has 3 N–H and O–H groups in total. The molecule has 76 valence electrons. The molecule has 0 spiro atoms. The Labute approximate surface area is 81.4 Å². The van der Waals surface area contributed by atoms with Gasteiger partial charge in [0, 0.05) is 0 Å². The number of aromatic hydroxyl groups is 2. The van der Waals surface area contributed by atoms with Gasteiger partial charge in [-0.15, -0.1) is 0 Å². The molecular formula is C10H12O4. The van der Waals surface area contributed by atoms with Crippen LogP contribution in [0.4, 0.5) is 0 Å². The van der Waals surface area contributed by atoms with Gasteiger partial charge in [0.1, 0.15) is 0 Å². The third-order valence-electron chi connectivity index (χ3n) is 2.00. The molecule has 0 fully saturated rings. The number of rotatable bonds is 3. The SMILES string of the molecule is CC(Cc1ccc(O)c(O)c1)C(=O)O. The monoisotopic (exact) mass is 196 g/mol. The summed E-state index contributed by atoms with van der Waals surface area (Å²) < 4.78 is 0. The van der Waals surface area contributed by atoms with E-state index in [1.807, 2.05) is 0 Å². The minimum atomic E-state index is -0.877. The summed E-state index contributed by atoms with van der Waals surface area (Å²) in [7, 11) is 0. The third kappa shape index (κ3) is 2.39. The van der Waals surface area contributed by atoms with Crippen LogP contribution < -0.4 is 0 Å². The smallest absolute Gasteiger partial charge is 0.306 e. The van der Waals surface area contributed by atoms with Crippen LogP contribution in [0.15, 0.2) is 18.2 Å². The molecule has 0 saturated carbocycles. The lowest BCUT2D eigenvalue weighted by molar-refractivity contribution is -0.141. The summed E-state index contributed by atoms with van der Waals surface area (Å²) in [6.45, 7) is 1.59. The van der Waals surface area contributed by atoms with Crippen LogP contribution in [-0.2, 0) is 11.2 Å². The van der Waals surface area contributed by atoms with Gasteiger partial charge in [-0.3, -0.25) is 4.79 Å². The summed E-state index contributed by atoms with van der Waals surface area (Å²) in [6, 6.07) is 4.31. The highest BCUT2D eigenvalue weighted by Gasteiger charge is 2.12. The Kier molecular flexibility index (Phi) is 2.96. The van der Waals surface area contributed by atoms with Crippen LogP contribution in [-0.4, -0.2) is 21.3 Å². The van der Waals surface area contributed by atoms with E-state index in [0.29, 0.717) is 12.0 Å². The lowest BCUT2D eigenvalue weighted by atomic mass is 10.0. The Hall–Kier alpha value is -1.71. The third-order valence-corrected chi connectivity index (χ3v) is 2.00. The summed E-state index contributed by atoms with van der Waals surface area (Å²) in [4.78, 5) is 10.5. The number of hydrogen-bond donors (Lipinski definition) is 3. The lowest BCUT2D eigenvalue weighted by Crippen LogP contribution is -2.12. The molecule has 1 aromatic rings. The van der Waals surface area contributed by atoms with E-state index in [4.69, 9.17) is 15.3 Å². The topological polar surface area (TPSA) is 77.8 Å². The van der Waals surface area contributed by atoms with Gasteiger partial charge in [-0.05, 0) is 24.1 Å². The molecule has 0 radical (unpaired) electrons. The van der Waals surface area contributed by atoms with Crippen LogP contribution >= 0.6 is 0 Å². The van der Waals surface area contributed by atoms with Gasteiger partial charge in [0.05, 0.1) is 5.92 Å². The van der Waals surface area contributed by atoms with Gasteiger partial charge in [0.25, 0.3) is 0 Å². The Morgan fingerprint density at radius 2 is 2.00 bits per heavy atom. The van der Waals surface area contributed by atoms with E-state index >= 15 is 0 Å². The summed E-state index contributed by atoms with van der Waals surface area (Å²) in [6.07, 6.45) is 0.336. The number of carbonyl (C=O) groups is 1. The van der Waals surface area contributed by atoms with Crippen LogP contribution in [0.3, 0.4) is 0 Å². The second-order valence-electron chi connectivity index (χ2n) is 3.27. The van der Waals surface area contributed by atoms with E-state index in [-0.39, 0.29) is 11.5 Å². The number of carboxylic acids is 1. The highest BCUT2D eigenvalue weighted by molar-refractivity contribution is 5.69. The van der Waals surface area contributed by atoms with Crippen molar-refractivity contribution in [2.75, 3.05) is 0 Å². The lowest BCUT2D eigenvalue weighted by Gasteiger charge is -2.06. The molecule has 0 bridgehead atoms. The maximum Gasteiger partial charge on any atom is 0.306 e. The maximum absolute atomic E-state index is 10.5. The van der Waals surface area contributed by atoms with Crippen molar-refractivity contribution in [2.45, 2.75) is 13.3 Å². The zero-order valence-corrected chi connectivity index (χ0v) is 7.77. The first-order valence-electron chi connectivity index (χ1n) is 4.24. The van der Waals surface area contributed by atoms with Crippen LogP contribution in [0, 0.1) is 5.92 Å². The number of hydrogen-bond acceptors (Lipinski definition) is 3. The zero-order valence-electron chi connectivity index (χ0n) is 7.77. The Bertz CT molecular complexity index is 346. The molecule has 1 unspecified atom stereocenters. The minimum Gasteiger partial charge on any atom is -0.504 e. The molecule has 1 aromatic carbocycles. The van der Waals surface area contributed by atoms with Gasteiger partial charge >= 0.3 is 5.97 Å². The summed E-state index contributed by atoms with van der Waals surface area (Å²) in [5.41, 5.74) is 0.690. The summed E-state index contributed by atoms with van der Waals surface area (Å²) >= 11 is 0. The molecule has 0 aliphatic rings. The summed E-state index contributed by atoms with van der Waals surface area (Å²) in [5.74, 6) is -1.80. The summed E-state index contributed by atoms with van der Waals surface area (Å²) in [5, 5.41) is 26.8. The van der Waals surface area contributed by atoms with Crippen molar-refractivity contribution < 1.29 is 20.1 Å². The van der Waals surface area contributed by atoms with Gasteiger partial charge in [-0.2, -0.15) is 0 Å². The van der Waals surface area contributed by atoms with Gasteiger partial charge in [0.2, 0.25) is 0 Å². The van der Waals surface area contributed by atoms with Crippen molar-refractivity contribution in [3.63, 3.8) is 0 Å². The van der Waals surface area contributed by atoms with Crippen molar-refractivity contribution in [3.8, 4) is 11.5 Å². The molecule has 0 aliphatic heterocycles. The quantitative estimate of drug-likeness (QED) is 0.638. The first kappa shape index (κ1) is 10.4. The number of phenolic OH excluding ortho intramolecular Hbond substituents is 2. The van der Waals surface area contributed by atoms with Crippen LogP contribution in [0.2, 0.25) is 0 Å². The molecule has 0 heterocycles. The highest BCUT2D eigenvalue weighted by Crippen LogP contribution is 2.25. The second kappa shape index (κ2) is 4.00. The molecular weight excluding hydrogens is 184 g/mol. The zero-order chi connectivity index (χ0) is 10.7. The van der Waals surface area contributed by atoms with Crippen molar-refractivity contribution in [2.24, 2.45) is 5.92 Å². The largest absolute Gasteiger partial charge is 0.504 e. The molecule has 0 saturated heterocycles. The van der Waals surface area contributed by atoms with E-state index < -0.39 is 11.9 Å². The molecule has 4 heteroatoms. The molecule has 14 heavy (non-hydrogen) atoms. The molecule has 0 aromatic heterocycles. The highest BCUT2D eigenvalue weighted by atomic mass is 16.4. The normalized spacial score (nSPS) is 12.4. The standard InChI is InChI=1S/C10H12O4/c1-6(10(13)14)4-7-2-3-8(11)9(12)5-7/h2-3,5-6,11-12H,4H2,1H3,(H,13,14). The predicted molar refractivity (Wildman–Crippen MR) is 50.3 cm³/mol. The number of carboxylic acid groups (broad SMARTS) is 1. The Morgan fingerprint density at radius 3 is 2.50 bits per heavy atom. The van der Waals surface area contributed by atoms with E-state index in [1.165, 1.54) is 12.1 Å². The minimum absolute atomic E-state index is 0.197. The van der Waals surface area contributed by atoms with Crippen molar-refractivity contribution in [3.05, 3.63) is 23.8 Å². The molecule has 1 atom stereocenters. The molecule has 1 rings (SSSR count). The van der Waals surface area contributed by atoms with Crippen molar-refractivity contribution >= 4 is 5.97 Å². The maximum atomic E-state index is 10.5. The average molecular weight is 196 g/mol. The Morgan fingerprint density at radius 1 is 1.36 bits per heavy atom. The number of phenols is 2. The fourth-order valence-corrected chi connectivity index (χ4v) is 1.14. The van der Waals surface area contributed by atoms with Crippen molar-refractivity contribution in [1.29, 1.82) is 0 Å².